The SMILES string of the molecule is CC(C)(C)P(CCP(C(C)(C)C)C(C)(C)C)C(C)(C)C.CC(C)c1cccc(C(C)C)c1[N]=[Ni]. The fraction of sp³-hybridized carbons (Fsp3) is 0.800. The summed E-state index contributed by atoms with van der Waals surface area (Å²) in [5.74, 6) is 0.977. The van der Waals surface area contributed by atoms with Gasteiger partial charge in [0.15, 0.2) is 0 Å². The van der Waals surface area contributed by atoms with E-state index in [0.717, 1.165) is 5.69 Å². The van der Waals surface area contributed by atoms with E-state index in [4.69, 9.17) is 0 Å². The van der Waals surface area contributed by atoms with Gasteiger partial charge in [-0.05, 0) is 32.9 Å². The molecule has 0 atom stereocenters. The van der Waals surface area contributed by atoms with Gasteiger partial charge in [-0.25, -0.2) is 0 Å². The van der Waals surface area contributed by atoms with Crippen molar-refractivity contribution in [3.8, 4) is 0 Å². The molecule has 0 amide bonds. The molecule has 0 heterocycles. The maximum absolute atomic E-state index is 4.56. The predicted octanol–water partition coefficient (Wildman–Crippen LogP) is 11.4. The van der Waals surface area contributed by atoms with Crippen LogP contribution in [0.4, 0.5) is 5.69 Å². The van der Waals surface area contributed by atoms with E-state index in [9.17, 15) is 0 Å². The first kappa shape index (κ1) is 34.4. The second kappa shape index (κ2) is 13.3. The molecule has 0 aliphatic rings. The van der Waals surface area contributed by atoms with Crippen molar-refractivity contribution in [2.45, 2.75) is 143 Å². The van der Waals surface area contributed by atoms with Crippen molar-refractivity contribution in [2.75, 3.05) is 12.3 Å². The van der Waals surface area contributed by atoms with Gasteiger partial charge in [-0.1, -0.05) is 98.9 Å². The Morgan fingerprint density at radius 1 is 0.618 bits per heavy atom. The topological polar surface area (TPSA) is 12.4 Å². The first-order chi connectivity index (χ1) is 15.0. The average molecular weight is 552 g/mol. The molecule has 0 fully saturated rings. The number of rotatable bonds is 6. The Balaban J connectivity index is 0.000000679. The minimum atomic E-state index is 0.0466. The van der Waals surface area contributed by atoms with Crippen molar-refractivity contribution in [2.24, 2.45) is 4.03 Å². The number of hydrogen-bond donors (Lipinski definition) is 0. The van der Waals surface area contributed by atoms with Crippen LogP contribution >= 0.6 is 15.8 Å². The van der Waals surface area contributed by atoms with E-state index >= 15 is 0 Å². The van der Waals surface area contributed by atoms with Crippen LogP contribution in [0.5, 0.6) is 0 Å². The van der Waals surface area contributed by atoms with E-state index in [-0.39, 0.29) is 15.8 Å². The summed E-state index contributed by atoms with van der Waals surface area (Å²) in [4.78, 5) is 0. The van der Waals surface area contributed by atoms with Crippen LogP contribution in [0, 0.1) is 0 Å². The van der Waals surface area contributed by atoms with Crippen molar-refractivity contribution in [1.29, 1.82) is 0 Å². The number of hydrogen-bond acceptors (Lipinski definition) is 1. The molecular weight excluding hydrogens is 495 g/mol. The summed E-state index contributed by atoms with van der Waals surface area (Å²) in [6.45, 7) is 38.0. The minimum absolute atomic E-state index is 0.0466. The van der Waals surface area contributed by atoms with Crippen LogP contribution in [0.2, 0.25) is 0 Å². The molecule has 0 aliphatic heterocycles. The zero-order valence-electron chi connectivity index (χ0n) is 25.5. The van der Waals surface area contributed by atoms with E-state index < -0.39 is 0 Å². The Kier molecular flexibility index (Phi) is 13.4. The van der Waals surface area contributed by atoms with E-state index in [0.29, 0.717) is 32.5 Å². The summed E-state index contributed by atoms with van der Waals surface area (Å²) in [7, 11) is 0.0933. The molecule has 1 nitrogen and oxygen atoms in total. The predicted molar refractivity (Wildman–Crippen MR) is 159 cm³/mol. The van der Waals surface area contributed by atoms with Gasteiger partial charge in [-0.15, -0.1) is 0 Å². The number of benzene rings is 1. The van der Waals surface area contributed by atoms with Crippen molar-refractivity contribution in [3.05, 3.63) is 29.3 Å². The quantitative estimate of drug-likeness (QED) is 0.246. The monoisotopic (exact) mass is 551 g/mol. The van der Waals surface area contributed by atoms with E-state index in [1.807, 2.05) is 0 Å². The molecule has 0 radical (unpaired) electrons. The summed E-state index contributed by atoms with van der Waals surface area (Å²) in [6.07, 6.45) is 2.87. The molecule has 0 unspecified atom stereocenters. The molecular formula is C30H57NNiP2. The summed E-state index contributed by atoms with van der Waals surface area (Å²) in [6, 6.07) is 6.34. The molecule has 0 aliphatic carbocycles. The van der Waals surface area contributed by atoms with Crippen LogP contribution in [0.15, 0.2) is 22.2 Å². The van der Waals surface area contributed by atoms with Gasteiger partial charge < -0.3 is 0 Å². The molecule has 1 rings (SSSR count). The third-order valence-corrected chi connectivity index (χ3v) is 14.6. The molecule has 0 N–H and O–H groups in total. The third-order valence-electron chi connectivity index (χ3n) is 6.20. The second-order valence-corrected chi connectivity index (χ2v) is 22.3. The Bertz CT molecular complexity index is 670. The van der Waals surface area contributed by atoms with Crippen molar-refractivity contribution >= 4 is 21.5 Å². The van der Waals surface area contributed by atoms with Gasteiger partial charge >= 0.3 is 93.8 Å². The first-order valence-electron chi connectivity index (χ1n) is 13.0. The molecule has 0 spiro atoms. The van der Waals surface area contributed by atoms with Crippen molar-refractivity contribution < 1.29 is 15.3 Å². The van der Waals surface area contributed by atoms with Gasteiger partial charge in [0.05, 0.1) is 0 Å². The molecule has 0 saturated carbocycles. The molecule has 1 aromatic rings. The normalized spacial score (nSPS) is 13.6. The molecule has 1 aromatic carbocycles. The Morgan fingerprint density at radius 3 is 1.06 bits per heavy atom. The first-order valence-corrected chi connectivity index (χ1v) is 16.5. The molecule has 34 heavy (non-hydrogen) atoms. The van der Waals surface area contributed by atoms with Gasteiger partial charge in [0, 0.05) is 0 Å². The summed E-state index contributed by atoms with van der Waals surface area (Å²) in [5.41, 5.74) is 3.56. The van der Waals surface area contributed by atoms with Crippen LogP contribution in [0.3, 0.4) is 0 Å². The van der Waals surface area contributed by atoms with E-state index in [1.165, 1.54) is 23.5 Å². The van der Waals surface area contributed by atoms with Crippen LogP contribution < -0.4 is 0 Å². The molecule has 202 valence electrons. The molecule has 0 bridgehead atoms. The van der Waals surface area contributed by atoms with E-state index in [1.54, 1.807) is 0 Å². The summed E-state index contributed by atoms with van der Waals surface area (Å²) < 4.78 is 4.04. The molecule has 4 heteroatoms. The fourth-order valence-corrected chi connectivity index (χ4v) is 13.7. The molecule has 0 aromatic heterocycles. The number of nitrogens with zero attached hydrogens (tertiary/aromatic N) is 1. The van der Waals surface area contributed by atoms with Crippen LogP contribution in [-0.2, 0) is 15.3 Å². The zero-order valence-corrected chi connectivity index (χ0v) is 28.2. The van der Waals surface area contributed by atoms with Gasteiger partial charge in [-0.2, -0.15) is 0 Å². The summed E-state index contributed by atoms with van der Waals surface area (Å²) >= 11 is 4.56. The van der Waals surface area contributed by atoms with Gasteiger partial charge in [-0.3, -0.25) is 0 Å². The Labute approximate surface area is 225 Å². The zero-order chi connectivity index (χ0) is 27.3. The van der Waals surface area contributed by atoms with Gasteiger partial charge in [0.2, 0.25) is 0 Å². The Morgan fingerprint density at radius 2 is 0.882 bits per heavy atom. The van der Waals surface area contributed by atoms with Crippen LogP contribution in [0.25, 0.3) is 0 Å². The second-order valence-electron chi connectivity index (χ2n) is 14.2. The molecule has 0 saturated heterocycles. The summed E-state index contributed by atoms with van der Waals surface area (Å²) in [5, 5.41) is 1.85. The third kappa shape index (κ3) is 11.2. The van der Waals surface area contributed by atoms with Crippen LogP contribution in [-0.4, -0.2) is 32.9 Å². The van der Waals surface area contributed by atoms with Crippen molar-refractivity contribution in [3.63, 3.8) is 0 Å². The Hall–Kier alpha value is 0.374. The maximum atomic E-state index is 4.56. The van der Waals surface area contributed by atoms with Crippen LogP contribution in [0.1, 0.15) is 134 Å². The van der Waals surface area contributed by atoms with Gasteiger partial charge in [0.1, 0.15) is 0 Å². The van der Waals surface area contributed by atoms with Gasteiger partial charge in [0.25, 0.3) is 0 Å². The van der Waals surface area contributed by atoms with Crippen molar-refractivity contribution in [1.82, 2.24) is 0 Å². The standard InChI is InChI=1S/C18H40P2.C12H17N.Ni/c1-15(2,3)19(16(4,5)6)13-14-20(17(7,8)9)18(10,11)12;1-8(2)10-6-5-7-11(9(3)4)12(10)13;/h13-14H2,1-12H3;5-9H,1-4H3;. The average Bonchev–Trinajstić information content (AvgIpc) is 2.60. The fourth-order valence-electron chi connectivity index (χ4n) is 5.15. The van der Waals surface area contributed by atoms with E-state index in [2.05, 4.69) is 148 Å².